The number of amides is 2. The van der Waals surface area contributed by atoms with Gasteiger partial charge in [-0.25, -0.2) is 4.99 Å². The first-order valence-electron chi connectivity index (χ1n) is 8.69. The van der Waals surface area contributed by atoms with E-state index in [4.69, 9.17) is 0 Å². The van der Waals surface area contributed by atoms with Crippen LogP contribution in [0.5, 0.6) is 0 Å². The summed E-state index contributed by atoms with van der Waals surface area (Å²) in [5.41, 5.74) is 0. The van der Waals surface area contributed by atoms with E-state index < -0.39 is 0 Å². The zero-order chi connectivity index (χ0) is 18.8. The standard InChI is InChI=1S/C17H32N6O2/c1-6-7-18-17(19-12-16(25)21(4)5)23-10-8-22(9-11-23)13-15(24)20-14(2)3/h6,14H,1,7-13H2,2-5H3,(H,18,19)(H,20,24). The number of nitrogens with one attached hydrogen (secondary N) is 2. The van der Waals surface area contributed by atoms with Gasteiger partial charge in [0.2, 0.25) is 11.8 Å². The molecule has 0 unspecified atom stereocenters. The third-order valence-corrected chi connectivity index (χ3v) is 3.76. The van der Waals surface area contributed by atoms with E-state index in [0.29, 0.717) is 19.0 Å². The van der Waals surface area contributed by atoms with Gasteiger partial charge in [0.15, 0.2) is 5.96 Å². The molecule has 8 heteroatoms. The Morgan fingerprint density at radius 2 is 1.88 bits per heavy atom. The average Bonchev–Trinajstić information content (AvgIpc) is 2.54. The lowest BCUT2D eigenvalue weighted by molar-refractivity contribution is -0.127. The second-order valence-corrected chi connectivity index (χ2v) is 6.58. The lowest BCUT2D eigenvalue weighted by Gasteiger charge is -2.36. The minimum atomic E-state index is -0.0399. The van der Waals surface area contributed by atoms with Gasteiger partial charge in [-0.05, 0) is 13.8 Å². The summed E-state index contributed by atoms with van der Waals surface area (Å²) in [5, 5.41) is 6.12. The Hall–Kier alpha value is -2.09. The third-order valence-electron chi connectivity index (χ3n) is 3.76. The van der Waals surface area contributed by atoms with Gasteiger partial charge in [-0.1, -0.05) is 6.08 Å². The molecule has 25 heavy (non-hydrogen) atoms. The Morgan fingerprint density at radius 1 is 1.24 bits per heavy atom. The molecule has 1 aliphatic rings. The van der Waals surface area contributed by atoms with Crippen LogP contribution in [0.3, 0.4) is 0 Å². The molecule has 0 aromatic rings. The molecule has 0 bridgehead atoms. The molecule has 0 aromatic heterocycles. The number of carbonyl (C=O) groups excluding carboxylic acids is 2. The normalized spacial score (nSPS) is 15.9. The Bertz CT molecular complexity index is 482. The molecule has 1 heterocycles. The van der Waals surface area contributed by atoms with E-state index >= 15 is 0 Å². The number of hydrogen-bond acceptors (Lipinski definition) is 4. The molecule has 1 fully saturated rings. The molecule has 0 spiro atoms. The largest absolute Gasteiger partial charge is 0.353 e. The van der Waals surface area contributed by atoms with Gasteiger partial charge in [0, 0.05) is 52.9 Å². The third kappa shape index (κ3) is 8.02. The van der Waals surface area contributed by atoms with Crippen molar-refractivity contribution < 1.29 is 9.59 Å². The maximum absolute atomic E-state index is 11.9. The van der Waals surface area contributed by atoms with Gasteiger partial charge >= 0.3 is 0 Å². The molecule has 1 aliphatic heterocycles. The predicted octanol–water partition coefficient (Wildman–Crippen LogP) is -0.652. The molecule has 142 valence electrons. The molecular weight excluding hydrogens is 320 g/mol. The summed E-state index contributed by atoms with van der Waals surface area (Å²) in [6, 6.07) is 0.157. The fourth-order valence-electron chi connectivity index (χ4n) is 2.40. The summed E-state index contributed by atoms with van der Waals surface area (Å²) < 4.78 is 0. The summed E-state index contributed by atoms with van der Waals surface area (Å²) in [6.45, 7) is 11.8. The summed E-state index contributed by atoms with van der Waals surface area (Å²) in [6.07, 6.45) is 1.76. The maximum Gasteiger partial charge on any atom is 0.243 e. The molecular formula is C17H32N6O2. The summed E-state index contributed by atoms with van der Waals surface area (Å²) in [5.74, 6) is 0.724. The van der Waals surface area contributed by atoms with Gasteiger partial charge in [0.1, 0.15) is 6.54 Å². The van der Waals surface area contributed by atoms with Crippen molar-refractivity contribution in [2.75, 3.05) is 59.9 Å². The maximum atomic E-state index is 11.9. The van der Waals surface area contributed by atoms with E-state index in [1.165, 1.54) is 4.90 Å². The molecule has 0 aliphatic carbocycles. The highest BCUT2D eigenvalue weighted by atomic mass is 16.2. The van der Waals surface area contributed by atoms with Crippen LogP contribution in [0.2, 0.25) is 0 Å². The first-order chi connectivity index (χ1) is 11.8. The first-order valence-corrected chi connectivity index (χ1v) is 8.69. The molecule has 2 N–H and O–H groups in total. The summed E-state index contributed by atoms with van der Waals surface area (Å²) in [4.78, 5) is 33.8. The van der Waals surface area contributed by atoms with Crippen molar-refractivity contribution in [3.05, 3.63) is 12.7 Å². The minimum Gasteiger partial charge on any atom is -0.353 e. The fourth-order valence-corrected chi connectivity index (χ4v) is 2.40. The van der Waals surface area contributed by atoms with Crippen molar-refractivity contribution in [2.45, 2.75) is 19.9 Å². The van der Waals surface area contributed by atoms with Crippen molar-refractivity contribution in [1.82, 2.24) is 25.3 Å². The van der Waals surface area contributed by atoms with Gasteiger partial charge in [-0.3, -0.25) is 14.5 Å². The number of hydrogen-bond donors (Lipinski definition) is 2. The van der Waals surface area contributed by atoms with Crippen molar-refractivity contribution in [3.8, 4) is 0 Å². The van der Waals surface area contributed by atoms with E-state index in [1.807, 2.05) is 13.8 Å². The highest BCUT2D eigenvalue weighted by Gasteiger charge is 2.21. The number of nitrogens with zero attached hydrogens (tertiary/aromatic N) is 4. The van der Waals surface area contributed by atoms with Crippen LogP contribution in [-0.2, 0) is 9.59 Å². The fraction of sp³-hybridized carbons (Fsp3) is 0.706. The number of guanidine groups is 1. The van der Waals surface area contributed by atoms with Crippen LogP contribution < -0.4 is 10.6 Å². The van der Waals surface area contributed by atoms with Crippen molar-refractivity contribution in [1.29, 1.82) is 0 Å². The van der Waals surface area contributed by atoms with Crippen molar-refractivity contribution >= 4 is 17.8 Å². The molecule has 1 rings (SSSR count). The first kappa shape index (κ1) is 21.0. The predicted molar refractivity (Wildman–Crippen MR) is 100 cm³/mol. The lowest BCUT2D eigenvalue weighted by Crippen LogP contribution is -2.54. The quantitative estimate of drug-likeness (QED) is 0.362. The number of rotatable bonds is 7. The van der Waals surface area contributed by atoms with E-state index in [1.54, 1.807) is 20.2 Å². The molecule has 0 aromatic carbocycles. The monoisotopic (exact) mass is 352 g/mol. The topological polar surface area (TPSA) is 80.3 Å². The van der Waals surface area contributed by atoms with E-state index in [-0.39, 0.29) is 24.4 Å². The number of carbonyl (C=O) groups is 2. The highest BCUT2D eigenvalue weighted by Crippen LogP contribution is 2.02. The van der Waals surface area contributed by atoms with Gasteiger partial charge in [0.25, 0.3) is 0 Å². The average molecular weight is 352 g/mol. The molecule has 1 saturated heterocycles. The van der Waals surface area contributed by atoms with Crippen LogP contribution in [0.1, 0.15) is 13.8 Å². The van der Waals surface area contributed by atoms with Crippen molar-refractivity contribution in [2.24, 2.45) is 4.99 Å². The van der Waals surface area contributed by atoms with Crippen LogP contribution in [0.25, 0.3) is 0 Å². The van der Waals surface area contributed by atoms with Gasteiger partial charge in [-0.15, -0.1) is 6.58 Å². The number of aliphatic imine (C=N–C) groups is 1. The van der Waals surface area contributed by atoms with Gasteiger partial charge in [0.05, 0.1) is 6.54 Å². The molecule has 0 atom stereocenters. The Balaban J connectivity index is 2.56. The second-order valence-electron chi connectivity index (χ2n) is 6.58. The molecule has 0 radical (unpaired) electrons. The summed E-state index contributed by atoms with van der Waals surface area (Å²) in [7, 11) is 3.44. The number of likely N-dealkylation sites (N-methyl/N-ethyl adjacent to an activating group) is 1. The molecule has 0 saturated carbocycles. The van der Waals surface area contributed by atoms with Gasteiger partial charge < -0.3 is 20.4 Å². The second kappa shape index (κ2) is 10.7. The highest BCUT2D eigenvalue weighted by molar-refractivity contribution is 5.85. The minimum absolute atomic E-state index is 0.0399. The van der Waals surface area contributed by atoms with E-state index in [0.717, 1.165) is 26.2 Å². The van der Waals surface area contributed by atoms with Crippen LogP contribution in [0.15, 0.2) is 17.6 Å². The van der Waals surface area contributed by atoms with E-state index in [9.17, 15) is 9.59 Å². The van der Waals surface area contributed by atoms with Crippen LogP contribution in [-0.4, -0.2) is 98.4 Å². The Morgan fingerprint density at radius 3 is 2.40 bits per heavy atom. The summed E-state index contributed by atoms with van der Waals surface area (Å²) >= 11 is 0. The number of piperazine rings is 1. The van der Waals surface area contributed by atoms with Crippen LogP contribution in [0.4, 0.5) is 0 Å². The lowest BCUT2D eigenvalue weighted by atomic mass is 10.3. The zero-order valence-electron chi connectivity index (χ0n) is 15.9. The van der Waals surface area contributed by atoms with Crippen molar-refractivity contribution in [3.63, 3.8) is 0 Å². The van der Waals surface area contributed by atoms with Crippen LogP contribution in [0, 0.1) is 0 Å². The Kier molecular flexibility index (Phi) is 8.98. The molecule has 2 amide bonds. The smallest absolute Gasteiger partial charge is 0.243 e. The molecule has 8 nitrogen and oxygen atoms in total. The Labute approximate surface area is 150 Å². The SMILES string of the molecule is C=CCNC(=NCC(=O)N(C)C)N1CCN(CC(=O)NC(C)C)CC1. The van der Waals surface area contributed by atoms with Gasteiger partial charge in [-0.2, -0.15) is 0 Å². The van der Waals surface area contributed by atoms with Crippen LogP contribution >= 0.6 is 0 Å². The zero-order valence-corrected chi connectivity index (χ0v) is 15.9. The van der Waals surface area contributed by atoms with E-state index in [2.05, 4.69) is 32.0 Å².